The van der Waals surface area contributed by atoms with E-state index in [2.05, 4.69) is 10.1 Å². The van der Waals surface area contributed by atoms with Crippen molar-refractivity contribution in [1.29, 1.82) is 0 Å². The van der Waals surface area contributed by atoms with E-state index in [0.29, 0.717) is 24.3 Å². The van der Waals surface area contributed by atoms with E-state index in [-0.39, 0.29) is 17.7 Å². The first kappa shape index (κ1) is 18.6. The third kappa shape index (κ3) is 4.52. The maximum absolute atomic E-state index is 12.5. The summed E-state index contributed by atoms with van der Waals surface area (Å²) in [6, 6.07) is 9.57. The third-order valence-corrected chi connectivity index (χ3v) is 4.14. The lowest BCUT2D eigenvalue weighted by atomic mass is 10.0. The largest absolute Gasteiger partial charge is 0.493 e. The molecule has 0 aliphatic carbocycles. The van der Waals surface area contributed by atoms with Gasteiger partial charge < -0.3 is 19.9 Å². The molecule has 0 fully saturated rings. The molecule has 1 aliphatic heterocycles. The molecule has 2 N–H and O–H groups in total. The van der Waals surface area contributed by atoms with E-state index in [1.807, 2.05) is 0 Å². The molecule has 1 heterocycles. The van der Waals surface area contributed by atoms with Gasteiger partial charge in [0.2, 0.25) is 5.91 Å². The fourth-order valence-corrected chi connectivity index (χ4v) is 2.92. The highest BCUT2D eigenvalue weighted by molar-refractivity contribution is 5.86. The summed E-state index contributed by atoms with van der Waals surface area (Å²) in [5.41, 5.74) is 1.53. The van der Waals surface area contributed by atoms with Crippen molar-refractivity contribution in [3.05, 3.63) is 59.2 Å². The van der Waals surface area contributed by atoms with Crippen LogP contribution in [0.1, 0.15) is 22.7 Å². The topological polar surface area (TPSA) is 84.9 Å². The van der Waals surface area contributed by atoms with Gasteiger partial charge in [-0.1, -0.05) is 24.3 Å². The Morgan fingerprint density at radius 3 is 2.74 bits per heavy atom. The molecule has 1 atom stereocenters. The Morgan fingerprint density at radius 1 is 1.22 bits per heavy atom. The quantitative estimate of drug-likeness (QED) is 0.775. The van der Waals surface area contributed by atoms with Gasteiger partial charge in [-0.25, -0.2) is 4.79 Å². The lowest BCUT2D eigenvalue weighted by molar-refractivity contribution is -0.142. The summed E-state index contributed by atoms with van der Waals surface area (Å²) in [6.07, 6.45) is 0.378. The zero-order valence-corrected chi connectivity index (χ0v) is 14.2. The number of benzene rings is 2. The molecule has 3 rings (SSSR count). The molecule has 0 radical (unpaired) electrons. The first-order valence-electron chi connectivity index (χ1n) is 8.24. The summed E-state index contributed by atoms with van der Waals surface area (Å²) >= 11 is 0. The van der Waals surface area contributed by atoms with Crippen molar-refractivity contribution < 1.29 is 33.0 Å². The van der Waals surface area contributed by atoms with Crippen LogP contribution >= 0.6 is 0 Å². The normalized spacial score (nSPS) is 13.6. The summed E-state index contributed by atoms with van der Waals surface area (Å²) in [6.45, 7) is -2.49. The fraction of sp³-hybridized carbons (Fsp3) is 0.263. The molecule has 0 aromatic heterocycles. The van der Waals surface area contributed by atoms with Crippen LogP contribution in [0.5, 0.6) is 11.5 Å². The second-order valence-corrected chi connectivity index (χ2v) is 5.97. The Balaban J connectivity index is 1.74. The van der Waals surface area contributed by atoms with E-state index in [9.17, 15) is 23.5 Å². The summed E-state index contributed by atoms with van der Waals surface area (Å²) in [4.78, 5) is 24.0. The average Bonchev–Trinajstić information content (AvgIpc) is 3.08. The minimum atomic E-state index is -3.02. The SMILES string of the molecule is O=C(Cc1ccccc1OC(F)F)NC(C(=O)O)c1ccc2c(c1)CCO2. The molecule has 8 heteroatoms. The molecule has 0 spiro atoms. The standard InChI is InChI=1S/C19H17F2NO5/c20-19(21)27-15-4-2-1-3-11(15)10-16(23)22-17(18(24)25)13-5-6-14-12(9-13)7-8-26-14/h1-6,9,17,19H,7-8,10H2,(H,22,23)(H,24,25). The zero-order valence-electron chi connectivity index (χ0n) is 14.2. The molecule has 27 heavy (non-hydrogen) atoms. The van der Waals surface area contributed by atoms with Crippen LogP contribution in [0.2, 0.25) is 0 Å². The predicted molar refractivity (Wildman–Crippen MR) is 90.9 cm³/mol. The van der Waals surface area contributed by atoms with E-state index in [0.717, 1.165) is 5.56 Å². The van der Waals surface area contributed by atoms with Gasteiger partial charge in [0.25, 0.3) is 0 Å². The van der Waals surface area contributed by atoms with Gasteiger partial charge in [-0.2, -0.15) is 8.78 Å². The first-order valence-corrected chi connectivity index (χ1v) is 8.24. The van der Waals surface area contributed by atoms with Crippen molar-refractivity contribution in [3.8, 4) is 11.5 Å². The maximum atomic E-state index is 12.5. The van der Waals surface area contributed by atoms with Gasteiger partial charge in [0.1, 0.15) is 11.5 Å². The number of amides is 1. The Labute approximate surface area is 153 Å². The molecule has 1 unspecified atom stereocenters. The molecular weight excluding hydrogens is 360 g/mol. The van der Waals surface area contributed by atoms with Gasteiger partial charge in [-0.15, -0.1) is 0 Å². The van der Waals surface area contributed by atoms with Gasteiger partial charge in [0.05, 0.1) is 13.0 Å². The van der Waals surface area contributed by atoms with E-state index in [4.69, 9.17) is 4.74 Å². The lowest BCUT2D eigenvalue weighted by Gasteiger charge is -2.16. The van der Waals surface area contributed by atoms with Crippen LogP contribution in [0, 0.1) is 0 Å². The molecule has 6 nitrogen and oxygen atoms in total. The number of nitrogens with one attached hydrogen (secondary N) is 1. The Morgan fingerprint density at radius 2 is 2.00 bits per heavy atom. The third-order valence-electron chi connectivity index (χ3n) is 4.14. The van der Waals surface area contributed by atoms with E-state index >= 15 is 0 Å². The number of carbonyl (C=O) groups is 2. The summed E-state index contributed by atoms with van der Waals surface area (Å²) < 4.78 is 34.7. The maximum Gasteiger partial charge on any atom is 0.387 e. The Bertz CT molecular complexity index is 856. The fourth-order valence-electron chi connectivity index (χ4n) is 2.92. The second kappa shape index (κ2) is 8.03. The van der Waals surface area contributed by atoms with Gasteiger partial charge in [-0.3, -0.25) is 4.79 Å². The molecule has 142 valence electrons. The van der Waals surface area contributed by atoms with Crippen molar-refractivity contribution in [2.75, 3.05) is 6.61 Å². The van der Waals surface area contributed by atoms with Crippen LogP contribution in [-0.2, 0) is 22.4 Å². The van der Waals surface area contributed by atoms with Gasteiger partial charge in [-0.05, 0) is 29.3 Å². The number of carboxylic acid groups (broad SMARTS) is 1. The molecule has 0 bridgehead atoms. The molecule has 1 amide bonds. The molecule has 0 saturated heterocycles. The van der Waals surface area contributed by atoms with Crippen molar-refractivity contribution in [2.45, 2.75) is 25.5 Å². The highest BCUT2D eigenvalue weighted by Crippen LogP contribution is 2.28. The summed E-state index contributed by atoms with van der Waals surface area (Å²) in [7, 11) is 0. The molecule has 2 aromatic carbocycles. The van der Waals surface area contributed by atoms with Crippen molar-refractivity contribution in [3.63, 3.8) is 0 Å². The van der Waals surface area contributed by atoms with E-state index < -0.39 is 24.5 Å². The molecule has 1 aliphatic rings. The molecule has 0 saturated carbocycles. The molecule has 2 aromatic rings. The van der Waals surface area contributed by atoms with Gasteiger partial charge in [0, 0.05) is 12.0 Å². The van der Waals surface area contributed by atoms with Crippen LogP contribution in [0.4, 0.5) is 8.78 Å². The number of halogens is 2. The van der Waals surface area contributed by atoms with Gasteiger partial charge >= 0.3 is 12.6 Å². The number of ether oxygens (including phenoxy) is 2. The number of rotatable bonds is 7. The zero-order chi connectivity index (χ0) is 19.4. The summed E-state index contributed by atoms with van der Waals surface area (Å²) in [5.74, 6) is -1.26. The van der Waals surface area contributed by atoms with Crippen molar-refractivity contribution in [1.82, 2.24) is 5.32 Å². The van der Waals surface area contributed by atoms with Gasteiger partial charge in [0.15, 0.2) is 6.04 Å². The Hall–Kier alpha value is -3.16. The van der Waals surface area contributed by atoms with E-state index in [1.54, 1.807) is 24.3 Å². The number of carboxylic acids is 1. The second-order valence-electron chi connectivity index (χ2n) is 5.97. The highest BCUT2D eigenvalue weighted by Gasteiger charge is 2.25. The number of aliphatic carboxylic acids is 1. The number of para-hydroxylation sites is 1. The van der Waals surface area contributed by atoms with Crippen molar-refractivity contribution >= 4 is 11.9 Å². The van der Waals surface area contributed by atoms with Crippen molar-refractivity contribution in [2.24, 2.45) is 0 Å². The average molecular weight is 377 g/mol. The predicted octanol–water partition coefficient (Wildman–Crippen LogP) is 2.71. The molecular formula is C19H17F2NO5. The minimum Gasteiger partial charge on any atom is -0.493 e. The minimum absolute atomic E-state index is 0.121. The monoisotopic (exact) mass is 377 g/mol. The summed E-state index contributed by atoms with van der Waals surface area (Å²) in [5, 5.41) is 11.9. The number of hydrogen-bond acceptors (Lipinski definition) is 4. The number of fused-ring (bicyclic) bond motifs is 1. The number of hydrogen-bond donors (Lipinski definition) is 2. The van der Waals surface area contributed by atoms with Crippen LogP contribution in [0.15, 0.2) is 42.5 Å². The smallest absolute Gasteiger partial charge is 0.387 e. The van der Waals surface area contributed by atoms with Crippen LogP contribution in [-0.4, -0.2) is 30.2 Å². The number of alkyl halides is 2. The number of carbonyl (C=O) groups excluding carboxylic acids is 1. The van der Waals surface area contributed by atoms with Crippen LogP contribution in [0.25, 0.3) is 0 Å². The van der Waals surface area contributed by atoms with E-state index in [1.165, 1.54) is 18.2 Å². The lowest BCUT2D eigenvalue weighted by Crippen LogP contribution is -2.34. The highest BCUT2D eigenvalue weighted by atomic mass is 19.3. The van der Waals surface area contributed by atoms with Crippen LogP contribution < -0.4 is 14.8 Å². The first-order chi connectivity index (χ1) is 12.9. The van der Waals surface area contributed by atoms with Crippen LogP contribution in [0.3, 0.4) is 0 Å². The Kier molecular flexibility index (Phi) is 5.54.